The number of rotatable bonds is 2. The molecule has 4 bridgehead atoms. The van der Waals surface area contributed by atoms with Gasteiger partial charge in [-0.1, -0.05) is 0 Å². The minimum absolute atomic E-state index is 0.00249. The van der Waals surface area contributed by atoms with Gasteiger partial charge in [-0.05, 0) is 0 Å². The first-order valence-corrected chi connectivity index (χ1v) is 13.4. The van der Waals surface area contributed by atoms with Gasteiger partial charge in [0.1, 0.15) is 0 Å². The van der Waals surface area contributed by atoms with Crippen LogP contribution in [0.5, 0.6) is 0 Å². The second kappa shape index (κ2) is 7.47. The van der Waals surface area contributed by atoms with Crippen molar-refractivity contribution in [3.8, 4) is 0 Å². The summed E-state index contributed by atoms with van der Waals surface area (Å²) in [6.45, 7) is 15.8. The van der Waals surface area contributed by atoms with Crippen LogP contribution in [0.2, 0.25) is 0 Å². The summed E-state index contributed by atoms with van der Waals surface area (Å²) >= 11 is 2.38. The van der Waals surface area contributed by atoms with Crippen molar-refractivity contribution in [1.29, 1.82) is 0 Å². The van der Waals surface area contributed by atoms with E-state index < -0.39 is 0 Å². The Morgan fingerprint density at radius 3 is 2.00 bits per heavy atom. The number of aryl methyl sites for hydroxylation is 3. The van der Waals surface area contributed by atoms with Crippen molar-refractivity contribution in [2.75, 3.05) is 13.1 Å². The predicted octanol–water partition coefficient (Wildman–Crippen LogP) is 5.51. The summed E-state index contributed by atoms with van der Waals surface area (Å²) in [5, 5.41) is 0. The molecule has 1 aromatic rings. The van der Waals surface area contributed by atoms with E-state index in [9.17, 15) is 0 Å². The average molecular weight is 478 g/mol. The summed E-state index contributed by atoms with van der Waals surface area (Å²) in [6.07, 6.45) is 8.83. The fraction of sp³-hybridized carbons (Fsp3) is 0.704. The van der Waals surface area contributed by atoms with E-state index in [-0.39, 0.29) is 5.41 Å². The van der Waals surface area contributed by atoms with Crippen LogP contribution in [0.3, 0.4) is 0 Å². The number of nitrogens with zero attached hydrogens (tertiary/aromatic N) is 3. The van der Waals surface area contributed by atoms with Crippen molar-refractivity contribution in [1.82, 2.24) is 4.90 Å². The maximum atomic E-state index is 5.38. The molecule has 0 aromatic heterocycles. The summed E-state index contributed by atoms with van der Waals surface area (Å²) in [5.41, 5.74) is 5.50. The molecule has 0 N–H and O–H groups in total. The van der Waals surface area contributed by atoms with Gasteiger partial charge in [0.2, 0.25) is 0 Å². The van der Waals surface area contributed by atoms with Gasteiger partial charge in [-0.2, -0.15) is 0 Å². The van der Waals surface area contributed by atoms with Gasteiger partial charge in [-0.3, -0.25) is 0 Å². The van der Waals surface area contributed by atoms with E-state index in [1.165, 1.54) is 72.3 Å². The molecule has 0 atom stereocenters. The van der Waals surface area contributed by atoms with Gasteiger partial charge >= 0.3 is 198 Å². The Kier molecular flexibility index (Phi) is 5.23. The van der Waals surface area contributed by atoms with Crippen molar-refractivity contribution in [3.63, 3.8) is 0 Å². The van der Waals surface area contributed by atoms with E-state index in [0.29, 0.717) is 5.54 Å². The van der Waals surface area contributed by atoms with E-state index in [4.69, 9.17) is 4.99 Å². The first kappa shape index (κ1) is 21.7. The second-order valence-corrected chi connectivity index (χ2v) is 13.1. The Hall–Kier alpha value is -1.10. The summed E-state index contributed by atoms with van der Waals surface area (Å²) in [6, 6.07) is 4.54. The molecule has 4 heteroatoms. The minimum atomic E-state index is 0.00249. The number of aliphatic imine (C=N–C) groups is 1. The van der Waals surface area contributed by atoms with Crippen LogP contribution >= 0.6 is 0 Å². The summed E-state index contributed by atoms with van der Waals surface area (Å²) in [5.74, 6) is 4.19. The molecule has 4 aliphatic carbocycles. The van der Waals surface area contributed by atoms with Crippen LogP contribution in [-0.4, -0.2) is 55.1 Å². The van der Waals surface area contributed by atoms with E-state index in [1.54, 1.807) is 0 Å². The van der Waals surface area contributed by atoms with E-state index in [0.717, 1.165) is 30.0 Å². The van der Waals surface area contributed by atoms with Crippen molar-refractivity contribution >= 4 is 32.7 Å². The summed E-state index contributed by atoms with van der Waals surface area (Å²) < 4.78 is 4.30. The summed E-state index contributed by atoms with van der Waals surface area (Å²) in [7, 11) is 0. The van der Waals surface area contributed by atoms with Gasteiger partial charge < -0.3 is 0 Å². The average Bonchev–Trinajstić information content (AvgIpc) is 3.00. The molecule has 3 nitrogen and oxygen atoms in total. The SMILES string of the molecule is Cc1cc(C)c(N=C(N2CC[N+](C34CC5CC(CC(C5)C3)C4)=[C]2[Ge])C(C)(C)C)c(C)c1. The first-order valence-electron chi connectivity index (χ1n) is 12.4. The molecule has 1 heterocycles. The number of amidine groups is 2. The molecule has 4 fully saturated rings. The normalized spacial score (nSPS) is 33.1. The number of benzene rings is 1. The molecular weight excluding hydrogens is 439 g/mol. The van der Waals surface area contributed by atoms with Crippen LogP contribution in [0.25, 0.3) is 0 Å². The molecule has 1 aliphatic heterocycles. The maximum absolute atomic E-state index is 5.38. The van der Waals surface area contributed by atoms with Crippen LogP contribution in [0.4, 0.5) is 5.69 Å². The molecule has 0 saturated heterocycles. The number of hydrogen-bond donors (Lipinski definition) is 0. The third-order valence-electron chi connectivity index (χ3n) is 8.42. The molecule has 0 amide bonds. The van der Waals surface area contributed by atoms with E-state index >= 15 is 0 Å². The van der Waals surface area contributed by atoms with Gasteiger partial charge in [0.25, 0.3) is 0 Å². The van der Waals surface area contributed by atoms with Gasteiger partial charge in [-0.15, -0.1) is 0 Å². The predicted molar refractivity (Wildman–Crippen MR) is 131 cm³/mol. The Bertz CT molecular complexity index is 907. The zero-order valence-corrected chi connectivity index (χ0v) is 22.5. The van der Waals surface area contributed by atoms with Gasteiger partial charge in [0.15, 0.2) is 0 Å². The van der Waals surface area contributed by atoms with Gasteiger partial charge in [-0.25, -0.2) is 0 Å². The van der Waals surface area contributed by atoms with Gasteiger partial charge in [0, 0.05) is 0 Å². The van der Waals surface area contributed by atoms with Crippen molar-refractivity contribution in [2.45, 2.75) is 85.6 Å². The van der Waals surface area contributed by atoms with Crippen LogP contribution in [-0.2, 0) is 0 Å². The molecule has 5 aliphatic rings. The third-order valence-corrected chi connectivity index (χ3v) is 9.55. The molecule has 4 saturated carbocycles. The Labute approximate surface area is 197 Å². The molecule has 165 valence electrons. The Morgan fingerprint density at radius 1 is 1.00 bits per heavy atom. The first-order chi connectivity index (χ1) is 14.6. The molecule has 1 aromatic carbocycles. The fourth-order valence-corrected chi connectivity index (χ4v) is 8.90. The monoisotopic (exact) mass is 479 g/mol. The molecule has 3 radical (unpaired) electrons. The van der Waals surface area contributed by atoms with Crippen molar-refractivity contribution in [2.24, 2.45) is 28.2 Å². The van der Waals surface area contributed by atoms with Crippen molar-refractivity contribution < 1.29 is 4.58 Å². The fourth-order valence-electron chi connectivity index (χ4n) is 7.71. The Morgan fingerprint density at radius 2 is 1.52 bits per heavy atom. The molecule has 0 spiro atoms. The van der Waals surface area contributed by atoms with E-state index in [2.05, 4.69) is 79.7 Å². The van der Waals surface area contributed by atoms with Crippen LogP contribution < -0.4 is 0 Å². The van der Waals surface area contributed by atoms with Crippen LogP contribution in [0.1, 0.15) is 76.0 Å². The Balaban J connectivity index is 1.55. The summed E-state index contributed by atoms with van der Waals surface area (Å²) in [4.78, 5) is 7.95. The quantitative estimate of drug-likeness (QED) is 0.238. The second-order valence-electron chi connectivity index (χ2n) is 12.2. The zero-order chi connectivity index (χ0) is 22.1. The third kappa shape index (κ3) is 3.73. The molecule has 6 rings (SSSR count). The van der Waals surface area contributed by atoms with Gasteiger partial charge in [0.05, 0.1) is 0 Å². The van der Waals surface area contributed by atoms with E-state index in [1.807, 2.05) is 0 Å². The number of hydrogen-bond acceptors (Lipinski definition) is 1. The van der Waals surface area contributed by atoms with Crippen molar-refractivity contribution in [3.05, 3.63) is 28.8 Å². The topological polar surface area (TPSA) is 18.6 Å². The molecular formula is C27H39GeN3+. The molecule has 0 unspecified atom stereocenters. The standard InChI is InChI=1S/C27H39GeN3/c1-17-9-18(2)23(19(3)10-17)29-24(26(4,5)6)30-7-8-31(25(30)28)27-14-20-11-21(15-27)13-22(12-20)16-27/h9-10,20-22H,7-8,11-16H2,1-6H3/q+1. The van der Waals surface area contributed by atoms with Crippen LogP contribution in [0.15, 0.2) is 17.1 Å². The molecule has 31 heavy (non-hydrogen) atoms. The zero-order valence-electron chi connectivity index (χ0n) is 20.4. The van der Waals surface area contributed by atoms with Crippen LogP contribution in [0, 0.1) is 43.9 Å².